The Bertz CT molecular complexity index is 316. The van der Waals surface area contributed by atoms with Gasteiger partial charge in [0.2, 0.25) is 0 Å². The van der Waals surface area contributed by atoms with Gasteiger partial charge < -0.3 is 10.1 Å². The highest BCUT2D eigenvalue weighted by molar-refractivity contribution is 5.36. The predicted molar refractivity (Wildman–Crippen MR) is 56.5 cm³/mol. The fourth-order valence-corrected chi connectivity index (χ4v) is 2.21. The van der Waals surface area contributed by atoms with Crippen molar-refractivity contribution in [2.45, 2.75) is 25.8 Å². The quantitative estimate of drug-likeness (QED) is 0.753. The van der Waals surface area contributed by atoms with Gasteiger partial charge in [0.15, 0.2) is 0 Å². The van der Waals surface area contributed by atoms with Crippen LogP contribution in [0.5, 0.6) is 5.75 Å². The molecule has 1 aliphatic rings. The number of hydrogen-bond acceptors (Lipinski definition) is 1. The summed E-state index contributed by atoms with van der Waals surface area (Å²) in [6.45, 7) is 3.38. The van der Waals surface area contributed by atoms with Crippen molar-refractivity contribution in [2.24, 2.45) is 0 Å². The third kappa shape index (κ3) is 1.75. The van der Waals surface area contributed by atoms with Gasteiger partial charge in [0.25, 0.3) is 0 Å². The largest absolute Gasteiger partial charge is 0.496 e. The molecular weight excluding hydrogens is 174 g/mol. The Morgan fingerprint density at radius 1 is 1.43 bits per heavy atom. The van der Waals surface area contributed by atoms with E-state index in [1.165, 1.54) is 30.5 Å². The van der Waals surface area contributed by atoms with Crippen LogP contribution >= 0.6 is 0 Å². The highest BCUT2D eigenvalue weighted by Gasteiger charge is 2.20. The molecule has 1 saturated heterocycles. The van der Waals surface area contributed by atoms with Crippen molar-refractivity contribution in [3.8, 4) is 5.75 Å². The topological polar surface area (TPSA) is 25.8 Å². The Hall–Kier alpha value is -1.02. The van der Waals surface area contributed by atoms with E-state index in [-0.39, 0.29) is 0 Å². The van der Waals surface area contributed by atoms with Crippen LogP contribution in [0.25, 0.3) is 0 Å². The van der Waals surface area contributed by atoms with Gasteiger partial charge in [0, 0.05) is 18.4 Å². The number of quaternary nitrogens is 1. The van der Waals surface area contributed by atoms with E-state index in [4.69, 9.17) is 4.74 Å². The third-order valence-electron chi connectivity index (χ3n) is 3.02. The van der Waals surface area contributed by atoms with Gasteiger partial charge in [-0.05, 0) is 30.7 Å². The number of methoxy groups -OCH3 is 1. The van der Waals surface area contributed by atoms with E-state index in [9.17, 15) is 0 Å². The van der Waals surface area contributed by atoms with Crippen LogP contribution in [0.4, 0.5) is 0 Å². The summed E-state index contributed by atoms with van der Waals surface area (Å²) in [7, 11) is 1.73. The first-order valence-electron chi connectivity index (χ1n) is 5.29. The molecule has 0 saturated carbocycles. The molecule has 1 heterocycles. The highest BCUT2D eigenvalue weighted by atomic mass is 16.5. The molecular formula is C12H18NO+. The van der Waals surface area contributed by atoms with E-state index >= 15 is 0 Å². The van der Waals surface area contributed by atoms with Gasteiger partial charge >= 0.3 is 0 Å². The molecule has 14 heavy (non-hydrogen) atoms. The number of rotatable bonds is 2. The van der Waals surface area contributed by atoms with E-state index in [1.54, 1.807) is 7.11 Å². The number of ether oxygens (including phenoxy) is 1. The van der Waals surface area contributed by atoms with Crippen molar-refractivity contribution in [3.63, 3.8) is 0 Å². The average molecular weight is 192 g/mol. The third-order valence-corrected chi connectivity index (χ3v) is 3.02. The van der Waals surface area contributed by atoms with Crippen LogP contribution in [0.3, 0.4) is 0 Å². The number of hydrogen-bond donors (Lipinski definition) is 1. The first-order chi connectivity index (χ1) is 6.81. The molecule has 1 atom stereocenters. The molecule has 1 aliphatic heterocycles. The first-order valence-corrected chi connectivity index (χ1v) is 5.29. The second-order valence-corrected chi connectivity index (χ2v) is 4.00. The van der Waals surface area contributed by atoms with E-state index in [2.05, 4.69) is 30.4 Å². The Balaban J connectivity index is 2.23. The summed E-state index contributed by atoms with van der Waals surface area (Å²) >= 11 is 0. The molecule has 0 aromatic heterocycles. The monoisotopic (exact) mass is 192 g/mol. The molecule has 2 heteroatoms. The Morgan fingerprint density at radius 2 is 2.29 bits per heavy atom. The van der Waals surface area contributed by atoms with Crippen molar-refractivity contribution in [1.29, 1.82) is 0 Å². The molecule has 2 nitrogen and oxygen atoms in total. The fourth-order valence-electron chi connectivity index (χ4n) is 2.21. The Kier molecular flexibility index (Phi) is 2.73. The second-order valence-electron chi connectivity index (χ2n) is 4.00. The zero-order chi connectivity index (χ0) is 9.97. The lowest BCUT2D eigenvalue weighted by Gasteiger charge is -2.10. The average Bonchev–Trinajstić information content (AvgIpc) is 2.70. The molecule has 0 spiro atoms. The molecule has 76 valence electrons. The lowest BCUT2D eigenvalue weighted by Crippen LogP contribution is -2.81. The van der Waals surface area contributed by atoms with Crippen molar-refractivity contribution < 1.29 is 10.1 Å². The number of benzene rings is 1. The van der Waals surface area contributed by atoms with Crippen LogP contribution in [0.15, 0.2) is 18.2 Å². The van der Waals surface area contributed by atoms with E-state index < -0.39 is 0 Å². The minimum Gasteiger partial charge on any atom is -0.496 e. The summed E-state index contributed by atoms with van der Waals surface area (Å²) in [6.07, 6.45) is 2.65. The van der Waals surface area contributed by atoms with Crippen molar-refractivity contribution in [2.75, 3.05) is 13.7 Å². The highest BCUT2D eigenvalue weighted by Crippen LogP contribution is 2.24. The standard InChI is InChI=1S/C12H17NO/c1-9-8-10(5-6-12(9)14-2)11-4-3-7-13-11/h5-6,8,11,13H,3-4,7H2,1-2H3/p+1/t11-/m0/s1. The van der Waals surface area contributed by atoms with Crippen molar-refractivity contribution in [1.82, 2.24) is 0 Å². The van der Waals surface area contributed by atoms with Crippen LogP contribution in [0, 0.1) is 6.92 Å². The summed E-state index contributed by atoms with van der Waals surface area (Å²) < 4.78 is 5.25. The number of aryl methyl sites for hydroxylation is 1. The molecule has 1 aromatic rings. The normalized spacial score (nSPS) is 21.1. The predicted octanol–water partition coefficient (Wildman–Crippen LogP) is 1.40. The molecule has 0 bridgehead atoms. The van der Waals surface area contributed by atoms with Gasteiger partial charge in [-0.1, -0.05) is 0 Å². The summed E-state index contributed by atoms with van der Waals surface area (Å²) in [5.41, 5.74) is 2.69. The van der Waals surface area contributed by atoms with Crippen molar-refractivity contribution >= 4 is 0 Å². The summed E-state index contributed by atoms with van der Waals surface area (Å²) in [4.78, 5) is 0. The summed E-state index contributed by atoms with van der Waals surface area (Å²) in [5.74, 6) is 0.992. The van der Waals surface area contributed by atoms with Crippen LogP contribution in [0.1, 0.15) is 30.0 Å². The molecule has 1 aromatic carbocycles. The zero-order valence-electron chi connectivity index (χ0n) is 8.92. The molecule has 0 aliphatic carbocycles. The number of nitrogens with two attached hydrogens (primary N) is 1. The minimum atomic E-state index is 0.680. The van der Waals surface area contributed by atoms with Crippen LogP contribution in [0.2, 0.25) is 0 Å². The summed E-state index contributed by atoms with van der Waals surface area (Å²) in [5, 5.41) is 2.43. The van der Waals surface area contributed by atoms with Gasteiger partial charge in [0.05, 0.1) is 13.7 Å². The first kappa shape index (κ1) is 9.53. The minimum absolute atomic E-state index is 0.680. The summed E-state index contributed by atoms with van der Waals surface area (Å²) in [6, 6.07) is 7.21. The van der Waals surface area contributed by atoms with E-state index in [0.29, 0.717) is 6.04 Å². The van der Waals surface area contributed by atoms with Crippen LogP contribution in [-0.2, 0) is 0 Å². The SMILES string of the molecule is COc1ccc([C@@H]2CCC[NH2+]2)cc1C. The Morgan fingerprint density at radius 3 is 2.86 bits per heavy atom. The molecule has 2 rings (SSSR count). The van der Waals surface area contributed by atoms with E-state index in [1.807, 2.05) is 0 Å². The zero-order valence-corrected chi connectivity index (χ0v) is 8.92. The van der Waals surface area contributed by atoms with Gasteiger partial charge in [-0.25, -0.2) is 0 Å². The van der Waals surface area contributed by atoms with Crippen LogP contribution in [-0.4, -0.2) is 13.7 Å². The van der Waals surface area contributed by atoms with Gasteiger partial charge in [-0.2, -0.15) is 0 Å². The molecule has 1 fully saturated rings. The second kappa shape index (κ2) is 4.01. The van der Waals surface area contributed by atoms with Gasteiger partial charge in [-0.15, -0.1) is 0 Å². The Labute approximate surface area is 85.3 Å². The lowest BCUT2D eigenvalue weighted by atomic mass is 10.0. The fraction of sp³-hybridized carbons (Fsp3) is 0.500. The molecule has 0 radical (unpaired) electrons. The van der Waals surface area contributed by atoms with Gasteiger partial charge in [-0.3, -0.25) is 0 Å². The maximum Gasteiger partial charge on any atom is 0.121 e. The van der Waals surface area contributed by atoms with Crippen molar-refractivity contribution in [3.05, 3.63) is 29.3 Å². The van der Waals surface area contributed by atoms with Crippen LogP contribution < -0.4 is 10.1 Å². The van der Waals surface area contributed by atoms with Gasteiger partial charge in [0.1, 0.15) is 11.8 Å². The molecule has 0 unspecified atom stereocenters. The van der Waals surface area contributed by atoms with E-state index in [0.717, 1.165) is 5.75 Å². The molecule has 2 N–H and O–H groups in total. The maximum atomic E-state index is 5.25. The molecule has 0 amide bonds. The maximum absolute atomic E-state index is 5.25. The lowest BCUT2D eigenvalue weighted by molar-refractivity contribution is -0.676. The smallest absolute Gasteiger partial charge is 0.121 e.